The fraction of sp³-hybridized carbons (Fsp3) is 0.118. The lowest BCUT2D eigenvalue weighted by molar-refractivity contribution is -0.117. The summed E-state index contributed by atoms with van der Waals surface area (Å²) in [6.45, 7) is 2.72. The number of aryl methyl sites for hydroxylation is 1. The van der Waals surface area contributed by atoms with Gasteiger partial charge in [0.25, 0.3) is 15.9 Å². The Hall–Kier alpha value is -3.27. The number of anilines is 1. The fourth-order valence-electron chi connectivity index (χ4n) is 2.57. The van der Waals surface area contributed by atoms with Crippen LogP contribution in [0.3, 0.4) is 0 Å². The molecule has 2 heterocycles. The van der Waals surface area contributed by atoms with Crippen LogP contribution in [-0.2, 0) is 14.8 Å². The van der Waals surface area contributed by atoms with Gasteiger partial charge in [-0.1, -0.05) is 0 Å². The maximum atomic E-state index is 13.5. The molecule has 3 rings (SSSR count). The van der Waals surface area contributed by atoms with Crippen LogP contribution in [-0.4, -0.2) is 29.6 Å². The van der Waals surface area contributed by atoms with Crippen LogP contribution in [0.5, 0.6) is 0 Å². The van der Waals surface area contributed by atoms with Gasteiger partial charge < -0.3 is 5.32 Å². The first kappa shape index (κ1) is 18.5. The summed E-state index contributed by atoms with van der Waals surface area (Å²) >= 11 is 0. The number of nitrogens with zero attached hydrogens (tertiary/aromatic N) is 2. The lowest BCUT2D eigenvalue weighted by Crippen LogP contribution is -2.28. The van der Waals surface area contributed by atoms with Crippen molar-refractivity contribution in [2.75, 3.05) is 5.32 Å². The van der Waals surface area contributed by atoms with Crippen LogP contribution in [0.2, 0.25) is 0 Å². The summed E-state index contributed by atoms with van der Waals surface area (Å²) in [5, 5.41) is 2.61. The predicted molar refractivity (Wildman–Crippen MR) is 95.3 cm³/mol. The van der Waals surface area contributed by atoms with Crippen molar-refractivity contribution in [1.29, 1.82) is 0 Å². The molecule has 3 aromatic rings. The molecule has 0 spiro atoms. The third kappa shape index (κ3) is 3.80. The Morgan fingerprint density at radius 1 is 1.11 bits per heavy atom. The largest absolute Gasteiger partial charge is 0.321 e. The zero-order valence-corrected chi connectivity index (χ0v) is 15.2. The molecule has 0 fully saturated rings. The minimum absolute atomic E-state index is 0.122. The molecule has 140 valence electrons. The number of aromatic nitrogens is 2. The van der Waals surface area contributed by atoms with Gasteiger partial charge in [-0.05, 0) is 43.3 Å². The third-order valence-electron chi connectivity index (χ3n) is 3.67. The summed E-state index contributed by atoms with van der Waals surface area (Å²) in [5.74, 6) is -1.74. The maximum absolute atomic E-state index is 13.5. The predicted octanol–water partition coefficient (Wildman–Crippen LogP) is 1.86. The number of halogens is 1. The number of nitrogens with one attached hydrogen (secondary N) is 2. The molecule has 0 radical (unpaired) electrons. The monoisotopic (exact) mass is 390 g/mol. The highest BCUT2D eigenvalue weighted by Gasteiger charge is 2.18. The molecule has 0 unspecified atom stereocenters. The van der Waals surface area contributed by atoms with E-state index in [1.165, 1.54) is 40.8 Å². The highest BCUT2D eigenvalue weighted by molar-refractivity contribution is 7.90. The molecule has 0 saturated carbocycles. The minimum Gasteiger partial charge on any atom is -0.321 e. The number of hydrogen-bond donors (Lipinski definition) is 2. The second-order valence-electron chi connectivity index (χ2n) is 5.76. The van der Waals surface area contributed by atoms with Crippen molar-refractivity contribution in [1.82, 2.24) is 14.1 Å². The van der Waals surface area contributed by atoms with E-state index in [2.05, 4.69) is 10.3 Å². The van der Waals surface area contributed by atoms with Crippen molar-refractivity contribution < 1.29 is 22.4 Å². The minimum atomic E-state index is -3.96. The number of carbonyl (C=O) groups excluding carboxylic acids is 2. The smallest absolute Gasteiger partial charge is 0.274 e. The van der Waals surface area contributed by atoms with Gasteiger partial charge in [0.15, 0.2) is 0 Å². The van der Waals surface area contributed by atoms with Gasteiger partial charge in [-0.2, -0.15) is 0 Å². The number of rotatable bonds is 4. The zero-order valence-electron chi connectivity index (χ0n) is 14.4. The van der Waals surface area contributed by atoms with Crippen molar-refractivity contribution in [2.24, 2.45) is 0 Å². The number of hydrogen-bond acceptors (Lipinski definition) is 5. The van der Waals surface area contributed by atoms with Gasteiger partial charge in [0.05, 0.1) is 10.6 Å². The molecule has 2 aromatic heterocycles. The SMILES string of the molecule is CC(=O)NS(=O)(=O)c1ccc(NC(=O)c2c(C)nc3ccc(F)cn23)cc1. The van der Waals surface area contributed by atoms with Crippen LogP contribution in [0.1, 0.15) is 23.1 Å². The van der Waals surface area contributed by atoms with Gasteiger partial charge >= 0.3 is 0 Å². The van der Waals surface area contributed by atoms with Gasteiger partial charge in [-0.15, -0.1) is 0 Å². The van der Waals surface area contributed by atoms with E-state index in [1.54, 1.807) is 6.92 Å². The highest BCUT2D eigenvalue weighted by atomic mass is 32.2. The van der Waals surface area contributed by atoms with Crippen LogP contribution in [0.15, 0.2) is 47.5 Å². The Labute approximate surface area is 154 Å². The average Bonchev–Trinajstić information content (AvgIpc) is 2.89. The van der Waals surface area contributed by atoms with Crippen LogP contribution in [0, 0.1) is 12.7 Å². The normalized spacial score (nSPS) is 11.4. The van der Waals surface area contributed by atoms with Crippen LogP contribution < -0.4 is 10.0 Å². The number of sulfonamides is 1. The molecule has 0 aliphatic heterocycles. The lowest BCUT2D eigenvalue weighted by Gasteiger charge is -2.08. The quantitative estimate of drug-likeness (QED) is 0.707. The fourth-order valence-corrected chi connectivity index (χ4v) is 3.56. The standard InChI is InChI=1S/C17H15FN4O4S/c1-10-16(22-9-12(18)3-8-15(22)19-10)17(24)20-13-4-6-14(7-5-13)27(25,26)21-11(2)23/h3-9H,1-2H3,(H,20,24)(H,21,23). The Kier molecular flexibility index (Phi) is 4.66. The Bertz CT molecular complexity index is 1150. The number of benzene rings is 1. The first-order chi connectivity index (χ1) is 12.7. The van der Waals surface area contributed by atoms with Gasteiger partial charge in [0.2, 0.25) is 5.91 Å². The number of fused-ring (bicyclic) bond motifs is 1. The van der Waals surface area contributed by atoms with E-state index in [1.807, 2.05) is 4.72 Å². The number of imidazole rings is 1. The Morgan fingerprint density at radius 3 is 2.41 bits per heavy atom. The van der Waals surface area contributed by atoms with Crippen molar-refractivity contribution in [3.05, 3.63) is 59.8 Å². The summed E-state index contributed by atoms with van der Waals surface area (Å²) in [6.07, 6.45) is 1.16. The molecule has 0 bridgehead atoms. The maximum Gasteiger partial charge on any atom is 0.274 e. The molecule has 1 aromatic carbocycles. The molecule has 0 aliphatic rings. The summed E-state index contributed by atoms with van der Waals surface area (Å²) in [4.78, 5) is 27.6. The second-order valence-corrected chi connectivity index (χ2v) is 7.44. The lowest BCUT2D eigenvalue weighted by atomic mass is 10.3. The van der Waals surface area contributed by atoms with E-state index < -0.39 is 27.7 Å². The molecule has 0 aliphatic carbocycles. The molecule has 8 nitrogen and oxygen atoms in total. The first-order valence-electron chi connectivity index (χ1n) is 7.76. The third-order valence-corrected chi connectivity index (χ3v) is 5.12. The summed E-state index contributed by atoms with van der Waals surface area (Å²) in [7, 11) is -3.96. The van der Waals surface area contributed by atoms with Crippen molar-refractivity contribution in [3.63, 3.8) is 0 Å². The topological polar surface area (TPSA) is 110 Å². The van der Waals surface area contributed by atoms with E-state index in [0.29, 0.717) is 17.0 Å². The molecule has 2 amide bonds. The molecule has 0 saturated heterocycles. The summed E-state index contributed by atoms with van der Waals surface area (Å²) in [6, 6.07) is 7.97. The van der Waals surface area contributed by atoms with E-state index in [-0.39, 0.29) is 10.6 Å². The van der Waals surface area contributed by atoms with E-state index in [0.717, 1.165) is 13.1 Å². The zero-order chi connectivity index (χ0) is 19.8. The van der Waals surface area contributed by atoms with Crippen molar-refractivity contribution >= 4 is 33.2 Å². The van der Waals surface area contributed by atoms with Crippen molar-refractivity contribution in [2.45, 2.75) is 18.7 Å². The Morgan fingerprint density at radius 2 is 1.78 bits per heavy atom. The highest BCUT2D eigenvalue weighted by Crippen LogP contribution is 2.18. The molecule has 27 heavy (non-hydrogen) atoms. The molecule has 2 N–H and O–H groups in total. The van der Waals surface area contributed by atoms with Gasteiger partial charge in [-0.25, -0.2) is 22.5 Å². The number of amides is 2. The second kappa shape index (κ2) is 6.80. The van der Waals surface area contributed by atoms with Gasteiger partial charge in [0, 0.05) is 18.8 Å². The van der Waals surface area contributed by atoms with Gasteiger partial charge in [0.1, 0.15) is 17.2 Å². The summed E-state index contributed by atoms with van der Waals surface area (Å²) in [5.41, 5.74) is 1.34. The van der Waals surface area contributed by atoms with E-state index in [9.17, 15) is 22.4 Å². The number of carbonyl (C=O) groups is 2. The average molecular weight is 390 g/mol. The van der Waals surface area contributed by atoms with Gasteiger partial charge in [-0.3, -0.25) is 14.0 Å². The Balaban J connectivity index is 1.86. The number of pyridine rings is 1. The van der Waals surface area contributed by atoms with E-state index in [4.69, 9.17) is 0 Å². The van der Waals surface area contributed by atoms with Crippen molar-refractivity contribution in [3.8, 4) is 0 Å². The van der Waals surface area contributed by atoms with Crippen LogP contribution in [0.25, 0.3) is 5.65 Å². The molecular formula is C17H15FN4O4S. The van der Waals surface area contributed by atoms with E-state index >= 15 is 0 Å². The van der Waals surface area contributed by atoms with Crippen LogP contribution >= 0.6 is 0 Å². The van der Waals surface area contributed by atoms with Crippen LogP contribution in [0.4, 0.5) is 10.1 Å². The molecule has 0 atom stereocenters. The molecule has 10 heteroatoms. The first-order valence-corrected chi connectivity index (χ1v) is 9.25. The molecular weight excluding hydrogens is 375 g/mol. The summed E-state index contributed by atoms with van der Waals surface area (Å²) < 4.78 is 40.5.